The van der Waals surface area contributed by atoms with Crippen LogP contribution in [0.1, 0.15) is 60.8 Å². The zero-order valence-electron chi connectivity index (χ0n) is 25.4. The predicted molar refractivity (Wildman–Crippen MR) is 147 cm³/mol. The second kappa shape index (κ2) is 13.2. The average molecular weight is 574 g/mol. The van der Waals surface area contributed by atoms with Gasteiger partial charge in [-0.15, -0.1) is 0 Å². The minimum absolute atomic E-state index is 0.0339. The lowest BCUT2D eigenvalue weighted by atomic mass is 9.80. The smallest absolute Gasteiger partial charge is 0.410 e. The standard InChI is InChI=1S/C28H51N3O9/c1-10-16-11-12-17(29-7)24(37-16)38-21-15(2)13-18(30-8)22(19(21)32)39-25-20(33)23(28(6,35)14-36-25)31(9)26(34)40-27(3,4)5/h11,15,17-25,29-30,32-33,35H,10,12-14H2,1-9H3/t15-,17+,18+,19-,20+,21?,22-,23+,24+,25+,28-/m0/s1. The number of carbonyl (C=O) groups is 1. The first-order valence-corrected chi connectivity index (χ1v) is 14.3. The Hall–Kier alpha value is -1.51. The Bertz CT molecular complexity index is 880. The molecule has 5 N–H and O–H groups in total. The van der Waals surface area contributed by atoms with Crippen LogP contribution in [0.4, 0.5) is 4.79 Å². The molecule has 3 aliphatic rings. The van der Waals surface area contributed by atoms with Crippen LogP contribution in [0.5, 0.6) is 0 Å². The molecule has 0 radical (unpaired) electrons. The molecule has 0 aromatic rings. The fourth-order valence-electron chi connectivity index (χ4n) is 5.83. The Balaban J connectivity index is 1.78. The summed E-state index contributed by atoms with van der Waals surface area (Å²) in [5.74, 6) is 0.814. The van der Waals surface area contributed by atoms with Crippen LogP contribution in [-0.2, 0) is 23.7 Å². The molecule has 232 valence electrons. The normalized spacial score (nSPS) is 40.6. The average Bonchev–Trinajstić information content (AvgIpc) is 2.87. The van der Waals surface area contributed by atoms with Crippen LogP contribution in [0.15, 0.2) is 11.8 Å². The van der Waals surface area contributed by atoms with Gasteiger partial charge in [-0.2, -0.15) is 0 Å². The third kappa shape index (κ3) is 7.46. The number of nitrogens with one attached hydrogen (secondary N) is 2. The van der Waals surface area contributed by atoms with Crippen LogP contribution >= 0.6 is 0 Å². The van der Waals surface area contributed by atoms with Crippen LogP contribution in [0, 0.1) is 5.92 Å². The summed E-state index contributed by atoms with van der Waals surface area (Å²) < 4.78 is 30.0. The molecule has 1 saturated heterocycles. The molecule has 40 heavy (non-hydrogen) atoms. The second-order valence-electron chi connectivity index (χ2n) is 12.5. The number of aliphatic hydroxyl groups excluding tert-OH is 2. The lowest BCUT2D eigenvalue weighted by Crippen LogP contribution is -2.69. The van der Waals surface area contributed by atoms with Gasteiger partial charge in [-0.1, -0.05) is 13.8 Å². The number of allylic oxidation sites excluding steroid dienone is 1. The summed E-state index contributed by atoms with van der Waals surface area (Å²) in [6.07, 6.45) is -2.31. The van der Waals surface area contributed by atoms with Gasteiger partial charge in [0.25, 0.3) is 0 Å². The van der Waals surface area contributed by atoms with Gasteiger partial charge in [0.05, 0.1) is 30.6 Å². The monoisotopic (exact) mass is 573 g/mol. The number of hydrogen-bond donors (Lipinski definition) is 5. The molecule has 11 atom stereocenters. The van der Waals surface area contributed by atoms with E-state index in [9.17, 15) is 20.1 Å². The van der Waals surface area contributed by atoms with E-state index < -0.39 is 60.3 Å². The van der Waals surface area contributed by atoms with E-state index in [2.05, 4.69) is 10.6 Å². The maximum absolute atomic E-state index is 12.8. The van der Waals surface area contributed by atoms with E-state index in [1.807, 2.05) is 27.0 Å². The van der Waals surface area contributed by atoms with Crippen molar-refractivity contribution in [1.82, 2.24) is 15.5 Å². The zero-order chi connectivity index (χ0) is 30.0. The van der Waals surface area contributed by atoms with E-state index >= 15 is 0 Å². The maximum atomic E-state index is 12.8. The highest BCUT2D eigenvalue weighted by atomic mass is 16.7. The highest BCUT2D eigenvalue weighted by Crippen LogP contribution is 2.36. The zero-order valence-corrected chi connectivity index (χ0v) is 25.4. The minimum atomic E-state index is -1.58. The molecule has 2 heterocycles. The Morgan fingerprint density at radius 1 is 1.12 bits per heavy atom. The number of nitrogens with zero attached hydrogens (tertiary/aromatic N) is 1. The lowest BCUT2D eigenvalue weighted by molar-refractivity contribution is -0.313. The highest BCUT2D eigenvalue weighted by Gasteiger charge is 2.53. The van der Waals surface area contributed by atoms with Crippen molar-refractivity contribution < 1.29 is 43.8 Å². The molecule has 1 unspecified atom stereocenters. The molecule has 12 nitrogen and oxygen atoms in total. The fourth-order valence-corrected chi connectivity index (χ4v) is 5.83. The van der Waals surface area contributed by atoms with E-state index in [0.29, 0.717) is 6.42 Å². The van der Waals surface area contributed by atoms with Gasteiger partial charge in [0, 0.05) is 19.5 Å². The van der Waals surface area contributed by atoms with Gasteiger partial charge in [-0.05, 0) is 66.6 Å². The summed E-state index contributed by atoms with van der Waals surface area (Å²) in [6, 6.07) is -1.44. The molecule has 2 fully saturated rings. The highest BCUT2D eigenvalue weighted by molar-refractivity contribution is 5.68. The largest absolute Gasteiger partial charge is 0.468 e. The SMILES string of the molecule is CCC1=CC[C@@H](NC)[C@@H](OC2[C@@H](C)C[C@@H](NC)[C@H](O[C@H]3OC[C@](C)(O)[C@H](N(C)C(=O)OC(C)(C)C)[C@H]3O)[C@H]2O)O1. The molecule has 0 aromatic heterocycles. The van der Waals surface area contributed by atoms with Gasteiger partial charge in [0.2, 0.25) is 6.29 Å². The Morgan fingerprint density at radius 2 is 1.75 bits per heavy atom. The minimum Gasteiger partial charge on any atom is -0.468 e. The van der Waals surface area contributed by atoms with Crippen LogP contribution < -0.4 is 10.6 Å². The van der Waals surface area contributed by atoms with E-state index in [-0.39, 0.29) is 24.6 Å². The van der Waals surface area contributed by atoms with E-state index in [1.54, 1.807) is 27.8 Å². The van der Waals surface area contributed by atoms with Crippen molar-refractivity contribution in [1.29, 1.82) is 0 Å². The number of aliphatic hydroxyl groups is 3. The molecule has 12 heteroatoms. The van der Waals surface area contributed by atoms with Crippen molar-refractivity contribution >= 4 is 6.09 Å². The lowest BCUT2D eigenvalue weighted by Gasteiger charge is -2.50. The molecule has 3 rings (SSSR count). The molecule has 1 aliphatic carbocycles. The fraction of sp³-hybridized carbons (Fsp3) is 0.893. The summed E-state index contributed by atoms with van der Waals surface area (Å²) in [6.45, 7) is 10.5. The molecule has 1 amide bonds. The van der Waals surface area contributed by atoms with Crippen LogP contribution in [-0.4, -0.2) is 120 Å². The molecule has 1 saturated carbocycles. The van der Waals surface area contributed by atoms with Gasteiger partial charge in [0.1, 0.15) is 29.5 Å². The van der Waals surface area contributed by atoms with Crippen molar-refractivity contribution in [2.75, 3.05) is 27.7 Å². The van der Waals surface area contributed by atoms with Crippen LogP contribution in [0.3, 0.4) is 0 Å². The van der Waals surface area contributed by atoms with Gasteiger partial charge >= 0.3 is 6.09 Å². The summed E-state index contributed by atoms with van der Waals surface area (Å²) in [5, 5.41) is 40.4. The maximum Gasteiger partial charge on any atom is 0.410 e. The van der Waals surface area contributed by atoms with E-state index in [0.717, 1.165) is 18.6 Å². The third-order valence-electron chi connectivity index (χ3n) is 8.00. The van der Waals surface area contributed by atoms with Crippen molar-refractivity contribution in [3.05, 3.63) is 11.8 Å². The second-order valence-corrected chi connectivity index (χ2v) is 12.5. The number of ether oxygens (including phenoxy) is 5. The summed E-state index contributed by atoms with van der Waals surface area (Å²) in [5.41, 5.74) is -2.34. The Kier molecular flexibility index (Phi) is 10.9. The molecular formula is C28H51N3O9. The molecule has 0 aromatic carbocycles. The number of likely N-dealkylation sites (N-methyl/N-ethyl adjacent to an activating group) is 3. The Labute approximate surface area is 238 Å². The van der Waals surface area contributed by atoms with E-state index in [1.165, 1.54) is 18.9 Å². The topological polar surface area (TPSA) is 151 Å². The third-order valence-corrected chi connectivity index (χ3v) is 8.00. The van der Waals surface area contributed by atoms with Gasteiger partial charge in [-0.3, -0.25) is 0 Å². The number of rotatable bonds is 8. The number of hydrogen-bond acceptors (Lipinski definition) is 11. The number of carbonyl (C=O) groups excluding carboxylic acids is 1. The summed E-state index contributed by atoms with van der Waals surface area (Å²) in [7, 11) is 5.08. The predicted octanol–water partition coefficient (Wildman–Crippen LogP) is 1.08. The first-order chi connectivity index (χ1) is 18.6. The molecule has 0 bridgehead atoms. The molecule has 2 aliphatic heterocycles. The molecule has 0 spiro atoms. The first kappa shape index (κ1) is 33.0. The van der Waals surface area contributed by atoms with Gasteiger partial charge < -0.3 is 54.5 Å². The first-order valence-electron chi connectivity index (χ1n) is 14.3. The van der Waals surface area contributed by atoms with Gasteiger partial charge in [-0.25, -0.2) is 4.79 Å². The van der Waals surface area contributed by atoms with Crippen LogP contribution in [0.25, 0.3) is 0 Å². The Morgan fingerprint density at radius 3 is 2.33 bits per heavy atom. The van der Waals surface area contributed by atoms with Crippen molar-refractivity contribution in [3.63, 3.8) is 0 Å². The number of amides is 1. The summed E-state index contributed by atoms with van der Waals surface area (Å²) >= 11 is 0. The van der Waals surface area contributed by atoms with Crippen molar-refractivity contribution in [3.8, 4) is 0 Å². The van der Waals surface area contributed by atoms with Crippen LogP contribution in [0.2, 0.25) is 0 Å². The quantitative estimate of drug-likeness (QED) is 0.284. The van der Waals surface area contributed by atoms with Gasteiger partial charge in [0.15, 0.2) is 6.29 Å². The van der Waals surface area contributed by atoms with Crippen molar-refractivity contribution in [2.24, 2.45) is 5.92 Å². The summed E-state index contributed by atoms with van der Waals surface area (Å²) in [4.78, 5) is 14.0. The van der Waals surface area contributed by atoms with E-state index in [4.69, 9.17) is 23.7 Å². The van der Waals surface area contributed by atoms with Crippen molar-refractivity contribution in [2.45, 2.75) is 127 Å². The molecular weight excluding hydrogens is 522 g/mol.